The van der Waals surface area contributed by atoms with Crippen LogP contribution in [0, 0.1) is 14.9 Å². The van der Waals surface area contributed by atoms with Crippen LogP contribution in [0.5, 0.6) is 0 Å². The quantitative estimate of drug-likeness (QED) is 0.426. The number of aromatic nitrogens is 2. The molecule has 136 valence electrons. The molecule has 1 aromatic heterocycles. The molecule has 0 unspecified atom stereocenters. The molecule has 1 heterocycles. The van der Waals surface area contributed by atoms with Gasteiger partial charge in [-0.1, -0.05) is 30.3 Å². The molecule has 7 heteroatoms. The Labute approximate surface area is 171 Å². The monoisotopic (exact) mass is 471 g/mol. The van der Waals surface area contributed by atoms with Crippen molar-refractivity contribution in [3.8, 4) is 11.8 Å². The highest BCUT2D eigenvalue weighted by Gasteiger charge is 2.16. The molecule has 0 spiro atoms. The summed E-state index contributed by atoms with van der Waals surface area (Å²) >= 11 is 2.14. The molecule has 0 aliphatic rings. The average Bonchev–Trinajstić information content (AvgIpc) is 3.01. The highest BCUT2D eigenvalue weighted by atomic mass is 127. The number of anilines is 1. The summed E-state index contributed by atoms with van der Waals surface area (Å²) in [6.07, 6.45) is 1.22. The molecule has 2 aromatic carbocycles. The van der Waals surface area contributed by atoms with Gasteiger partial charge < -0.3 is 11.1 Å². The number of para-hydroxylation sites is 1. The summed E-state index contributed by atoms with van der Waals surface area (Å²) in [6.45, 7) is 0.493. The molecule has 3 N–H and O–H groups in total. The van der Waals surface area contributed by atoms with Crippen molar-refractivity contribution in [1.82, 2.24) is 15.1 Å². The number of benzene rings is 2. The number of nitrogen functional groups attached to an aromatic ring is 1. The van der Waals surface area contributed by atoms with E-state index in [4.69, 9.17) is 5.73 Å². The molecule has 0 atom stereocenters. The van der Waals surface area contributed by atoms with Gasteiger partial charge in [0, 0.05) is 10.1 Å². The maximum Gasteiger partial charge on any atom is 0.252 e. The fourth-order valence-corrected chi connectivity index (χ4v) is 3.37. The van der Waals surface area contributed by atoms with E-state index < -0.39 is 0 Å². The van der Waals surface area contributed by atoms with E-state index in [0.717, 1.165) is 9.26 Å². The first kappa shape index (κ1) is 18.9. The molecule has 0 fully saturated rings. The van der Waals surface area contributed by atoms with Gasteiger partial charge in [0.1, 0.15) is 17.5 Å². The largest absolute Gasteiger partial charge is 0.382 e. The predicted octanol–water partition coefficient (Wildman–Crippen LogP) is 3.29. The smallest absolute Gasteiger partial charge is 0.252 e. The van der Waals surface area contributed by atoms with Gasteiger partial charge in [-0.2, -0.15) is 10.4 Å². The van der Waals surface area contributed by atoms with E-state index in [2.05, 4.69) is 39.1 Å². The van der Waals surface area contributed by atoms with Crippen LogP contribution < -0.4 is 11.1 Å². The molecule has 27 heavy (non-hydrogen) atoms. The van der Waals surface area contributed by atoms with Crippen LogP contribution in [0.1, 0.15) is 28.0 Å². The molecule has 0 saturated heterocycles. The molecular formula is C20H18IN5O. The molecule has 0 bridgehead atoms. The first-order valence-electron chi connectivity index (χ1n) is 8.47. The number of aryl methyl sites for hydroxylation is 1. The number of rotatable bonds is 6. The lowest BCUT2D eigenvalue weighted by molar-refractivity contribution is 0.0952. The zero-order chi connectivity index (χ0) is 19.2. The second-order valence-electron chi connectivity index (χ2n) is 5.91. The molecule has 0 saturated carbocycles. The normalized spacial score (nSPS) is 10.4. The number of hydrogen-bond donors (Lipinski definition) is 2. The van der Waals surface area contributed by atoms with E-state index in [1.807, 2.05) is 48.5 Å². The number of nitrogens with one attached hydrogen (secondary N) is 1. The van der Waals surface area contributed by atoms with Crippen molar-refractivity contribution >= 4 is 34.3 Å². The Kier molecular flexibility index (Phi) is 6.08. The van der Waals surface area contributed by atoms with Gasteiger partial charge in [0.25, 0.3) is 5.91 Å². The van der Waals surface area contributed by atoms with Crippen LogP contribution in [0.15, 0.2) is 54.6 Å². The molecule has 1 amide bonds. The Bertz CT molecular complexity index is 991. The minimum Gasteiger partial charge on any atom is -0.382 e. The maximum atomic E-state index is 12.2. The summed E-state index contributed by atoms with van der Waals surface area (Å²) in [7, 11) is 0. The Morgan fingerprint density at radius 3 is 2.59 bits per heavy atom. The summed E-state index contributed by atoms with van der Waals surface area (Å²) in [5.41, 5.74) is 8.60. The number of nitrogens with two attached hydrogens (primary N) is 1. The predicted molar refractivity (Wildman–Crippen MR) is 113 cm³/mol. The summed E-state index contributed by atoms with van der Waals surface area (Å²) in [5, 5.41) is 16.8. The topological polar surface area (TPSA) is 96.7 Å². The Hall–Kier alpha value is -2.86. The average molecular weight is 471 g/mol. The van der Waals surface area contributed by atoms with Gasteiger partial charge >= 0.3 is 0 Å². The standard InChI is InChI=1S/C20H18IN5O/c21-17-10-5-4-9-15(17)20(27)24-12-6-11-18-16(13-22)19(23)26(25-18)14-7-2-1-3-8-14/h1-5,7-10H,6,11-12,23H2,(H,24,27). The van der Waals surface area contributed by atoms with E-state index in [-0.39, 0.29) is 5.91 Å². The van der Waals surface area contributed by atoms with E-state index in [1.54, 1.807) is 10.7 Å². The van der Waals surface area contributed by atoms with E-state index in [0.29, 0.717) is 42.0 Å². The van der Waals surface area contributed by atoms with E-state index in [1.165, 1.54) is 0 Å². The van der Waals surface area contributed by atoms with Gasteiger partial charge in [0.2, 0.25) is 0 Å². The van der Waals surface area contributed by atoms with Crippen molar-refractivity contribution in [3.63, 3.8) is 0 Å². The van der Waals surface area contributed by atoms with Crippen LogP contribution in [-0.2, 0) is 6.42 Å². The van der Waals surface area contributed by atoms with Crippen molar-refractivity contribution in [2.75, 3.05) is 12.3 Å². The van der Waals surface area contributed by atoms with Gasteiger partial charge in [-0.25, -0.2) is 4.68 Å². The van der Waals surface area contributed by atoms with Crippen LogP contribution in [0.3, 0.4) is 0 Å². The molecule has 0 aliphatic heterocycles. The second kappa shape index (κ2) is 8.68. The molecule has 3 aromatic rings. The number of carbonyl (C=O) groups is 1. The lowest BCUT2D eigenvalue weighted by Crippen LogP contribution is -2.25. The summed E-state index contributed by atoms with van der Waals surface area (Å²) < 4.78 is 2.49. The van der Waals surface area contributed by atoms with Gasteiger partial charge in [-0.3, -0.25) is 4.79 Å². The number of hydrogen-bond acceptors (Lipinski definition) is 4. The number of halogens is 1. The zero-order valence-electron chi connectivity index (χ0n) is 14.5. The summed E-state index contributed by atoms with van der Waals surface area (Å²) in [6, 6.07) is 19.0. The minimum absolute atomic E-state index is 0.102. The third-order valence-electron chi connectivity index (χ3n) is 4.10. The maximum absolute atomic E-state index is 12.2. The van der Waals surface area contributed by atoms with Crippen LogP contribution >= 0.6 is 22.6 Å². The Morgan fingerprint density at radius 1 is 1.19 bits per heavy atom. The molecule has 3 rings (SSSR count). The van der Waals surface area contributed by atoms with Crippen molar-refractivity contribution in [1.29, 1.82) is 5.26 Å². The van der Waals surface area contributed by atoms with Gasteiger partial charge in [-0.05, 0) is 59.7 Å². The third kappa shape index (κ3) is 4.28. The highest BCUT2D eigenvalue weighted by molar-refractivity contribution is 14.1. The van der Waals surface area contributed by atoms with Gasteiger partial charge in [0.15, 0.2) is 0 Å². The minimum atomic E-state index is -0.102. The molecule has 6 nitrogen and oxygen atoms in total. The first-order chi connectivity index (χ1) is 13.1. The second-order valence-corrected chi connectivity index (χ2v) is 7.07. The number of amides is 1. The molecule has 0 aliphatic carbocycles. The van der Waals surface area contributed by atoms with Crippen LogP contribution in [-0.4, -0.2) is 22.2 Å². The van der Waals surface area contributed by atoms with E-state index >= 15 is 0 Å². The Morgan fingerprint density at radius 2 is 1.89 bits per heavy atom. The van der Waals surface area contributed by atoms with Crippen molar-refractivity contribution in [3.05, 3.63) is 75.0 Å². The summed E-state index contributed by atoms with van der Waals surface area (Å²) in [4.78, 5) is 12.2. The van der Waals surface area contributed by atoms with Crippen LogP contribution in [0.25, 0.3) is 5.69 Å². The zero-order valence-corrected chi connectivity index (χ0v) is 16.7. The van der Waals surface area contributed by atoms with Crippen molar-refractivity contribution in [2.45, 2.75) is 12.8 Å². The van der Waals surface area contributed by atoms with Gasteiger partial charge in [-0.15, -0.1) is 0 Å². The molecular weight excluding hydrogens is 453 g/mol. The lowest BCUT2D eigenvalue weighted by atomic mass is 10.1. The van der Waals surface area contributed by atoms with E-state index in [9.17, 15) is 10.1 Å². The molecule has 0 radical (unpaired) electrons. The lowest BCUT2D eigenvalue weighted by Gasteiger charge is -2.06. The fraction of sp³-hybridized carbons (Fsp3) is 0.150. The third-order valence-corrected chi connectivity index (χ3v) is 5.04. The van der Waals surface area contributed by atoms with Crippen LogP contribution in [0.4, 0.5) is 5.82 Å². The first-order valence-corrected chi connectivity index (χ1v) is 9.55. The number of carbonyl (C=O) groups excluding carboxylic acids is 1. The van der Waals surface area contributed by atoms with Gasteiger partial charge in [0.05, 0.1) is 16.9 Å². The Balaban J connectivity index is 1.64. The van der Waals surface area contributed by atoms with Crippen molar-refractivity contribution in [2.24, 2.45) is 0 Å². The number of nitrogens with zero attached hydrogens (tertiary/aromatic N) is 3. The summed E-state index contributed by atoms with van der Waals surface area (Å²) in [5.74, 6) is 0.233. The van der Waals surface area contributed by atoms with Crippen molar-refractivity contribution < 1.29 is 4.79 Å². The number of nitriles is 1. The highest BCUT2D eigenvalue weighted by Crippen LogP contribution is 2.21. The van der Waals surface area contributed by atoms with Crippen LogP contribution in [0.2, 0.25) is 0 Å². The fourth-order valence-electron chi connectivity index (χ4n) is 2.74. The SMILES string of the molecule is N#Cc1c(CCCNC(=O)c2ccccc2I)nn(-c2ccccc2)c1N.